The third-order valence-electron chi connectivity index (χ3n) is 8.45. The molecule has 3 fully saturated rings. The number of nitrogens with one attached hydrogen (secondary N) is 2. The van der Waals surface area contributed by atoms with Crippen molar-refractivity contribution in [2.75, 3.05) is 19.0 Å². The fraction of sp³-hybridized carbons (Fsp3) is 0.419. The number of ether oxygens (including phenoxy) is 2. The Morgan fingerprint density at radius 1 is 1.07 bits per heavy atom. The maximum absolute atomic E-state index is 14.9. The van der Waals surface area contributed by atoms with Crippen molar-refractivity contribution in [2.45, 2.75) is 69.2 Å². The highest BCUT2D eigenvalue weighted by Gasteiger charge is 2.44. The number of carbonyl (C=O) groups is 3. The monoisotopic (exact) mass is 644 g/mol. The van der Waals surface area contributed by atoms with Gasteiger partial charge in [-0.3, -0.25) is 9.59 Å². The predicted molar refractivity (Wildman–Crippen MR) is 160 cm³/mol. The Balaban J connectivity index is 1.09. The number of esters is 1. The van der Waals surface area contributed by atoms with Crippen LogP contribution in [-0.2, 0) is 20.9 Å². The Kier molecular flexibility index (Phi) is 8.80. The molecule has 232 valence electrons. The SMILES string of the molecule is COC(=O)CNC(=O)c1ccc(NC(=O)N2C3CCC2CC(OCc2c(-c4c(Cl)cccc4Cl)noc2C2CC2)C3)c(F)c1. The fourth-order valence-electron chi connectivity index (χ4n) is 6.11. The first-order valence-corrected chi connectivity index (χ1v) is 15.3. The van der Waals surface area contributed by atoms with E-state index >= 15 is 0 Å². The quantitative estimate of drug-likeness (QED) is 0.262. The maximum Gasteiger partial charge on any atom is 0.325 e. The molecular weight excluding hydrogens is 614 g/mol. The molecule has 0 spiro atoms. The lowest BCUT2D eigenvalue weighted by molar-refractivity contribution is -0.139. The third kappa shape index (κ3) is 6.27. The summed E-state index contributed by atoms with van der Waals surface area (Å²) in [5.74, 6) is -0.903. The second kappa shape index (κ2) is 12.7. The van der Waals surface area contributed by atoms with Crippen LogP contribution in [0.5, 0.6) is 0 Å². The molecule has 3 heterocycles. The van der Waals surface area contributed by atoms with Gasteiger partial charge < -0.3 is 29.5 Å². The van der Waals surface area contributed by atoms with Gasteiger partial charge in [0.1, 0.15) is 23.8 Å². The molecule has 2 aromatic carbocycles. The van der Waals surface area contributed by atoms with E-state index in [0.29, 0.717) is 40.1 Å². The summed E-state index contributed by atoms with van der Waals surface area (Å²) in [6.07, 6.45) is 4.88. The van der Waals surface area contributed by atoms with Gasteiger partial charge in [0.15, 0.2) is 0 Å². The van der Waals surface area contributed by atoms with E-state index in [1.165, 1.54) is 19.2 Å². The van der Waals surface area contributed by atoms with Gasteiger partial charge in [0.2, 0.25) is 0 Å². The van der Waals surface area contributed by atoms with Crippen LogP contribution in [-0.4, -0.2) is 59.8 Å². The van der Waals surface area contributed by atoms with Crippen LogP contribution in [0.3, 0.4) is 0 Å². The Morgan fingerprint density at radius 3 is 2.41 bits per heavy atom. The van der Waals surface area contributed by atoms with Crippen LogP contribution in [0.25, 0.3) is 11.3 Å². The van der Waals surface area contributed by atoms with Crippen LogP contribution < -0.4 is 10.6 Å². The molecular formula is C31H31Cl2FN4O6. The Bertz CT molecular complexity index is 1560. The van der Waals surface area contributed by atoms with Crippen LogP contribution in [0, 0.1) is 5.82 Å². The Hall–Kier alpha value is -3.67. The number of urea groups is 1. The molecule has 13 heteroatoms. The summed E-state index contributed by atoms with van der Waals surface area (Å²) < 4.78 is 31.5. The molecule has 2 bridgehead atoms. The topological polar surface area (TPSA) is 123 Å². The molecule has 3 amide bonds. The van der Waals surface area contributed by atoms with Gasteiger partial charge in [-0.2, -0.15) is 0 Å². The van der Waals surface area contributed by atoms with Crippen molar-refractivity contribution in [3.8, 4) is 11.3 Å². The van der Waals surface area contributed by atoms with Crippen LogP contribution in [0.2, 0.25) is 10.0 Å². The average Bonchev–Trinajstić information content (AvgIpc) is 3.71. The van der Waals surface area contributed by atoms with Gasteiger partial charge in [0, 0.05) is 34.7 Å². The second-order valence-corrected chi connectivity index (χ2v) is 12.1. The predicted octanol–water partition coefficient (Wildman–Crippen LogP) is 6.31. The minimum absolute atomic E-state index is 0.0139. The van der Waals surface area contributed by atoms with E-state index in [1.54, 1.807) is 23.1 Å². The Labute approximate surface area is 263 Å². The van der Waals surface area contributed by atoms with Gasteiger partial charge in [0.05, 0.1) is 35.6 Å². The van der Waals surface area contributed by atoms with Crippen LogP contribution in [0.1, 0.15) is 66.1 Å². The van der Waals surface area contributed by atoms with Crippen molar-refractivity contribution >= 4 is 46.8 Å². The van der Waals surface area contributed by atoms with Gasteiger partial charge in [-0.15, -0.1) is 0 Å². The molecule has 2 saturated heterocycles. The zero-order chi connectivity index (χ0) is 31.0. The first-order valence-electron chi connectivity index (χ1n) is 14.5. The molecule has 1 aliphatic carbocycles. The van der Waals surface area contributed by atoms with E-state index in [0.717, 1.165) is 43.1 Å². The summed E-state index contributed by atoms with van der Waals surface area (Å²) in [6.45, 7) is -0.0529. The van der Waals surface area contributed by atoms with Crippen molar-refractivity contribution in [3.63, 3.8) is 0 Å². The molecule has 44 heavy (non-hydrogen) atoms. The van der Waals surface area contributed by atoms with Crippen molar-refractivity contribution < 1.29 is 32.8 Å². The zero-order valence-corrected chi connectivity index (χ0v) is 25.4. The number of fused-ring (bicyclic) bond motifs is 2. The number of halogens is 3. The normalized spacial score (nSPS) is 20.8. The number of carbonyl (C=O) groups excluding carboxylic acids is 3. The number of hydrogen-bond donors (Lipinski definition) is 2. The number of anilines is 1. The van der Waals surface area contributed by atoms with Gasteiger partial charge in [-0.1, -0.05) is 34.4 Å². The van der Waals surface area contributed by atoms with E-state index < -0.39 is 23.7 Å². The van der Waals surface area contributed by atoms with Gasteiger partial charge in [-0.05, 0) is 68.9 Å². The number of piperidine rings is 1. The second-order valence-electron chi connectivity index (χ2n) is 11.3. The van der Waals surface area contributed by atoms with Crippen molar-refractivity contribution in [1.82, 2.24) is 15.4 Å². The molecule has 2 aliphatic heterocycles. The van der Waals surface area contributed by atoms with Crippen LogP contribution >= 0.6 is 23.2 Å². The van der Waals surface area contributed by atoms with Crippen LogP contribution in [0.15, 0.2) is 40.9 Å². The minimum atomic E-state index is -0.760. The lowest BCUT2D eigenvalue weighted by atomic mass is 9.99. The first-order chi connectivity index (χ1) is 21.2. The van der Waals surface area contributed by atoms with Crippen molar-refractivity contribution in [1.29, 1.82) is 0 Å². The lowest BCUT2D eigenvalue weighted by Crippen LogP contribution is -2.50. The highest BCUT2D eigenvalue weighted by Crippen LogP contribution is 2.46. The van der Waals surface area contributed by atoms with Gasteiger partial charge in [0.25, 0.3) is 5.91 Å². The van der Waals surface area contributed by atoms with Gasteiger partial charge >= 0.3 is 12.0 Å². The molecule has 2 N–H and O–H groups in total. The summed E-state index contributed by atoms with van der Waals surface area (Å²) in [4.78, 5) is 38.5. The summed E-state index contributed by atoms with van der Waals surface area (Å²) in [5, 5.41) is 10.3. The standard InChI is InChI=1S/C31H31Cl2FN4O6/c1-42-26(39)14-35-30(40)17-7-10-25(24(34)11-17)36-31(41)38-18-8-9-19(38)13-20(12-18)43-15-21-28(37-44-29(21)16-5-6-16)27-22(32)3-2-4-23(27)33/h2-4,7,10-11,16,18-20H,5-6,8-9,12-15H2,1H3,(H,35,40)(H,36,41). The van der Waals surface area contributed by atoms with Crippen LogP contribution in [0.4, 0.5) is 14.9 Å². The van der Waals surface area contributed by atoms with E-state index in [1.807, 2.05) is 0 Å². The number of nitrogens with zero attached hydrogens (tertiary/aromatic N) is 2. The molecule has 10 nitrogen and oxygen atoms in total. The average molecular weight is 646 g/mol. The number of benzene rings is 2. The number of aromatic nitrogens is 1. The number of amides is 3. The summed E-state index contributed by atoms with van der Waals surface area (Å²) >= 11 is 13.0. The minimum Gasteiger partial charge on any atom is -0.468 e. The van der Waals surface area contributed by atoms with Gasteiger partial charge in [-0.25, -0.2) is 9.18 Å². The molecule has 2 atom stereocenters. The number of hydrogen-bond acceptors (Lipinski definition) is 7. The molecule has 1 aromatic heterocycles. The molecule has 0 radical (unpaired) electrons. The zero-order valence-electron chi connectivity index (χ0n) is 23.9. The summed E-state index contributed by atoms with van der Waals surface area (Å²) in [7, 11) is 1.20. The maximum atomic E-state index is 14.9. The smallest absolute Gasteiger partial charge is 0.325 e. The Morgan fingerprint density at radius 2 is 1.77 bits per heavy atom. The number of methoxy groups -OCH3 is 1. The van der Waals surface area contributed by atoms with E-state index in [9.17, 15) is 18.8 Å². The van der Waals surface area contributed by atoms with E-state index in [4.69, 9.17) is 32.5 Å². The summed E-state index contributed by atoms with van der Waals surface area (Å²) in [6, 6.07) is 8.52. The lowest BCUT2D eigenvalue weighted by Gasteiger charge is -2.38. The molecule has 3 aromatic rings. The van der Waals surface area contributed by atoms with Crippen molar-refractivity contribution in [2.24, 2.45) is 0 Å². The highest BCUT2D eigenvalue weighted by atomic mass is 35.5. The fourth-order valence-corrected chi connectivity index (χ4v) is 6.68. The largest absolute Gasteiger partial charge is 0.468 e. The molecule has 6 rings (SSSR count). The molecule has 1 saturated carbocycles. The van der Waals surface area contributed by atoms with E-state index in [2.05, 4.69) is 20.5 Å². The van der Waals surface area contributed by atoms with Crippen molar-refractivity contribution in [3.05, 3.63) is 69.1 Å². The number of rotatable bonds is 9. The molecule has 2 unspecified atom stereocenters. The van der Waals surface area contributed by atoms with E-state index in [-0.39, 0.29) is 42.6 Å². The highest BCUT2D eigenvalue weighted by molar-refractivity contribution is 6.39. The third-order valence-corrected chi connectivity index (χ3v) is 9.08. The first kappa shape index (κ1) is 30.4. The summed E-state index contributed by atoms with van der Waals surface area (Å²) in [5.41, 5.74) is 2.05. The molecule has 3 aliphatic rings.